The molecule has 13 heteroatoms. The van der Waals surface area contributed by atoms with E-state index in [-0.39, 0.29) is 0 Å². The number of fused-ring (bicyclic) bond motifs is 2. The number of nitrogens with one attached hydrogen (secondary N) is 2. The highest BCUT2D eigenvalue weighted by Gasteiger charge is 2.25. The van der Waals surface area contributed by atoms with Crippen LogP contribution in [0.1, 0.15) is 63.5 Å². The Labute approximate surface area is 263 Å². The lowest BCUT2D eigenvalue weighted by Gasteiger charge is -2.12. The Morgan fingerprint density at radius 3 is 2.22 bits per heavy atom. The van der Waals surface area contributed by atoms with Crippen molar-refractivity contribution in [3.8, 4) is 5.69 Å². The van der Waals surface area contributed by atoms with E-state index in [1.807, 2.05) is 62.5 Å². The van der Waals surface area contributed by atoms with E-state index < -0.39 is 0 Å². The number of nitrogens with zero attached hydrogens (tertiary/aromatic N) is 8. The van der Waals surface area contributed by atoms with Crippen molar-refractivity contribution in [2.45, 2.75) is 52.0 Å². The quantitative estimate of drug-likeness (QED) is 0.151. The van der Waals surface area contributed by atoms with Crippen LogP contribution in [0.4, 0.5) is 17.3 Å². The van der Waals surface area contributed by atoms with Crippen molar-refractivity contribution in [1.29, 1.82) is 0 Å². The number of hydrogen-bond donors (Lipinski definition) is 2. The topological polar surface area (TPSA) is 136 Å². The normalized spacial score (nSPS) is 14.3. The molecule has 2 aliphatic carbocycles. The molecule has 0 amide bonds. The SMILES string of the molecule is Cc1nn2c(CC3CC3)cc(Cl)nc2c1C=O.Cc1nn2c(NC3CC3)cc(Nc3ccc(-n4cccn4)cc3)nc2c1C=O. The molecular weight excluding hydrogens is 592 g/mol. The second-order valence-corrected chi connectivity index (χ2v) is 11.9. The Balaban J connectivity index is 0.000000163. The number of anilines is 3. The van der Waals surface area contributed by atoms with Crippen LogP contribution in [-0.2, 0) is 6.42 Å². The molecule has 2 N–H and O–H groups in total. The van der Waals surface area contributed by atoms with Crippen LogP contribution < -0.4 is 10.6 Å². The van der Waals surface area contributed by atoms with Crippen LogP contribution in [0.2, 0.25) is 5.15 Å². The molecule has 5 aromatic heterocycles. The first-order valence-corrected chi connectivity index (χ1v) is 15.3. The molecule has 1 aromatic carbocycles. The average molecular weight is 623 g/mol. The number of benzene rings is 1. The number of halogens is 1. The number of aryl methyl sites for hydroxylation is 2. The zero-order valence-corrected chi connectivity index (χ0v) is 25.6. The molecule has 2 aliphatic rings. The first-order valence-electron chi connectivity index (χ1n) is 14.9. The number of hydrogen-bond acceptors (Lipinski definition) is 9. The lowest BCUT2D eigenvalue weighted by Crippen LogP contribution is -2.09. The standard InChI is InChI=1S/C20H19N7O.C12H12ClN3O/c1-13-17(12-28)20-24-18(11-19(27(20)25-13)23-15-3-4-15)22-14-5-7-16(8-6-14)26-10-2-9-21-26;1-7-10(6-17)12-14-11(13)5-9(16(12)15-7)4-8-2-3-8/h2,5-12,15,23H,3-4H2,1H3,(H,22,24);5-6,8H,2-4H2,1H3. The molecule has 0 spiro atoms. The fourth-order valence-corrected chi connectivity index (χ4v) is 5.42. The second-order valence-electron chi connectivity index (χ2n) is 11.5. The van der Waals surface area contributed by atoms with Crippen LogP contribution in [0, 0.1) is 19.8 Å². The van der Waals surface area contributed by atoms with Crippen molar-refractivity contribution >= 4 is 52.8 Å². The van der Waals surface area contributed by atoms with E-state index in [0.717, 1.165) is 60.6 Å². The minimum absolute atomic E-state index is 0.427. The summed E-state index contributed by atoms with van der Waals surface area (Å²) in [6, 6.07) is 14.0. The Bertz CT molecular complexity index is 2020. The van der Waals surface area contributed by atoms with Crippen molar-refractivity contribution in [3.05, 3.63) is 88.2 Å². The van der Waals surface area contributed by atoms with E-state index in [0.29, 0.717) is 50.8 Å². The summed E-state index contributed by atoms with van der Waals surface area (Å²) in [5.41, 5.74) is 6.45. The maximum absolute atomic E-state index is 11.5. The van der Waals surface area contributed by atoms with Crippen LogP contribution in [0.3, 0.4) is 0 Å². The van der Waals surface area contributed by atoms with Gasteiger partial charge in [0.05, 0.1) is 28.2 Å². The van der Waals surface area contributed by atoms with Gasteiger partial charge in [0.25, 0.3) is 0 Å². The predicted molar refractivity (Wildman–Crippen MR) is 171 cm³/mol. The number of aromatic nitrogens is 8. The molecular formula is C32H31ClN10O2. The molecule has 2 saturated carbocycles. The van der Waals surface area contributed by atoms with Crippen molar-refractivity contribution in [1.82, 2.24) is 39.0 Å². The van der Waals surface area contributed by atoms with Crippen LogP contribution >= 0.6 is 11.6 Å². The van der Waals surface area contributed by atoms with E-state index in [2.05, 4.69) is 35.9 Å². The molecule has 0 radical (unpaired) electrons. The first-order chi connectivity index (χ1) is 21.9. The van der Waals surface area contributed by atoms with Crippen LogP contribution in [0.25, 0.3) is 17.0 Å². The van der Waals surface area contributed by atoms with Gasteiger partial charge in [-0.1, -0.05) is 11.6 Å². The Morgan fingerprint density at radius 2 is 1.60 bits per heavy atom. The molecule has 2 fully saturated rings. The maximum atomic E-state index is 11.5. The zero-order valence-electron chi connectivity index (χ0n) is 24.8. The third-order valence-electron chi connectivity index (χ3n) is 7.93. The van der Waals surface area contributed by atoms with Gasteiger partial charge in [-0.05, 0) is 88.3 Å². The van der Waals surface area contributed by atoms with Crippen molar-refractivity contribution < 1.29 is 9.59 Å². The van der Waals surface area contributed by atoms with E-state index in [4.69, 9.17) is 11.6 Å². The van der Waals surface area contributed by atoms with E-state index in [9.17, 15) is 9.59 Å². The van der Waals surface area contributed by atoms with Gasteiger partial charge in [0.15, 0.2) is 23.9 Å². The summed E-state index contributed by atoms with van der Waals surface area (Å²) in [5.74, 6) is 2.23. The van der Waals surface area contributed by atoms with Crippen molar-refractivity contribution in [2.24, 2.45) is 5.92 Å². The third-order valence-corrected chi connectivity index (χ3v) is 8.12. The molecule has 0 aliphatic heterocycles. The zero-order chi connectivity index (χ0) is 31.1. The third kappa shape index (κ3) is 6.01. The number of aldehydes is 2. The fraction of sp³-hybridized carbons (Fsp3) is 0.281. The number of rotatable bonds is 9. The van der Waals surface area contributed by atoms with Gasteiger partial charge in [0, 0.05) is 35.9 Å². The van der Waals surface area contributed by atoms with Gasteiger partial charge in [-0.15, -0.1) is 0 Å². The smallest absolute Gasteiger partial charge is 0.170 e. The van der Waals surface area contributed by atoms with E-state index >= 15 is 0 Å². The summed E-state index contributed by atoms with van der Waals surface area (Å²) in [6.07, 6.45) is 11.0. The molecule has 0 bridgehead atoms. The van der Waals surface area contributed by atoms with Gasteiger partial charge in [0.2, 0.25) is 0 Å². The molecule has 5 heterocycles. The van der Waals surface area contributed by atoms with Gasteiger partial charge in [-0.2, -0.15) is 19.8 Å². The second kappa shape index (κ2) is 11.8. The van der Waals surface area contributed by atoms with E-state index in [1.54, 1.807) is 19.9 Å². The number of carbonyl (C=O) groups is 2. The molecule has 12 nitrogen and oxygen atoms in total. The monoisotopic (exact) mass is 622 g/mol. The van der Waals surface area contributed by atoms with E-state index in [1.165, 1.54) is 12.8 Å². The Kier molecular flexibility index (Phi) is 7.50. The predicted octanol–water partition coefficient (Wildman–Crippen LogP) is 5.81. The van der Waals surface area contributed by atoms with Gasteiger partial charge in [-0.25, -0.2) is 19.2 Å². The lowest BCUT2D eigenvalue weighted by molar-refractivity contribution is 0.111. The minimum Gasteiger partial charge on any atom is -0.367 e. The van der Waals surface area contributed by atoms with Crippen LogP contribution in [0.5, 0.6) is 0 Å². The molecule has 45 heavy (non-hydrogen) atoms. The first kappa shape index (κ1) is 28.7. The minimum atomic E-state index is 0.427. The molecule has 8 rings (SSSR count). The van der Waals surface area contributed by atoms with Crippen molar-refractivity contribution in [2.75, 3.05) is 10.6 Å². The highest BCUT2D eigenvalue weighted by Crippen LogP contribution is 2.33. The molecule has 228 valence electrons. The molecule has 0 atom stereocenters. The highest BCUT2D eigenvalue weighted by molar-refractivity contribution is 6.29. The summed E-state index contributed by atoms with van der Waals surface area (Å²) < 4.78 is 5.27. The number of carbonyl (C=O) groups excluding carboxylic acids is 2. The van der Waals surface area contributed by atoms with Gasteiger partial charge in [0.1, 0.15) is 16.8 Å². The Morgan fingerprint density at radius 1 is 0.911 bits per heavy atom. The maximum Gasteiger partial charge on any atom is 0.170 e. The largest absolute Gasteiger partial charge is 0.367 e. The molecule has 0 unspecified atom stereocenters. The summed E-state index contributed by atoms with van der Waals surface area (Å²) in [7, 11) is 0. The summed E-state index contributed by atoms with van der Waals surface area (Å²) >= 11 is 6.00. The van der Waals surface area contributed by atoms with Crippen LogP contribution in [-0.4, -0.2) is 57.6 Å². The van der Waals surface area contributed by atoms with Crippen LogP contribution in [0.15, 0.2) is 54.9 Å². The average Bonchev–Trinajstić information content (AvgIpc) is 3.90. The van der Waals surface area contributed by atoms with Crippen molar-refractivity contribution in [3.63, 3.8) is 0 Å². The van der Waals surface area contributed by atoms with Gasteiger partial charge in [-0.3, -0.25) is 9.59 Å². The highest BCUT2D eigenvalue weighted by atomic mass is 35.5. The van der Waals surface area contributed by atoms with Gasteiger partial charge >= 0.3 is 0 Å². The fourth-order valence-electron chi connectivity index (χ4n) is 5.22. The molecule has 0 saturated heterocycles. The van der Waals surface area contributed by atoms with Gasteiger partial charge < -0.3 is 10.6 Å². The summed E-state index contributed by atoms with van der Waals surface area (Å²) in [5, 5.41) is 20.3. The lowest BCUT2D eigenvalue weighted by atomic mass is 10.2. The molecule has 6 aromatic rings. The summed E-state index contributed by atoms with van der Waals surface area (Å²) in [6.45, 7) is 3.63. The Hall–Kier alpha value is -5.10. The summed E-state index contributed by atoms with van der Waals surface area (Å²) in [4.78, 5) is 31.4.